The maximum atomic E-state index is 11.0. The van der Waals surface area contributed by atoms with E-state index in [2.05, 4.69) is 10.3 Å². The minimum atomic E-state index is -1.33. The molecule has 0 saturated carbocycles. The van der Waals surface area contributed by atoms with Crippen molar-refractivity contribution in [1.29, 1.82) is 0 Å². The lowest BCUT2D eigenvalue weighted by Crippen LogP contribution is -2.41. The predicted molar refractivity (Wildman–Crippen MR) is 79.8 cm³/mol. The first kappa shape index (κ1) is 18.9. The van der Waals surface area contributed by atoms with E-state index in [-0.39, 0.29) is 25.0 Å². The van der Waals surface area contributed by atoms with Gasteiger partial charge in [-0.15, -0.1) is 0 Å². The van der Waals surface area contributed by atoms with Crippen LogP contribution in [0.2, 0.25) is 0 Å². The van der Waals surface area contributed by atoms with Crippen molar-refractivity contribution in [3.05, 3.63) is 23.4 Å². The van der Waals surface area contributed by atoms with Crippen LogP contribution in [0.25, 0.3) is 0 Å². The van der Waals surface area contributed by atoms with E-state index in [1.54, 1.807) is 0 Å². The van der Waals surface area contributed by atoms with E-state index in [0.717, 1.165) is 6.21 Å². The molecule has 5 N–H and O–H groups in total. The summed E-state index contributed by atoms with van der Waals surface area (Å²) < 4.78 is 0. The van der Waals surface area contributed by atoms with Crippen LogP contribution in [0.1, 0.15) is 19.3 Å². The number of nitrogens with one attached hydrogen (secondary N) is 1. The van der Waals surface area contributed by atoms with Crippen LogP contribution in [0.5, 0.6) is 0 Å². The second-order valence-corrected chi connectivity index (χ2v) is 4.93. The monoisotopic (exact) mass is 340 g/mol. The Morgan fingerprint density at radius 1 is 1.25 bits per heavy atom. The van der Waals surface area contributed by atoms with E-state index in [0.29, 0.717) is 5.57 Å². The zero-order valence-electron chi connectivity index (χ0n) is 12.4. The minimum Gasteiger partial charge on any atom is -0.481 e. The fraction of sp³-hybridized carbons (Fsp3) is 0.357. The molecule has 10 nitrogen and oxygen atoms in total. The molecule has 2 unspecified atom stereocenters. The lowest BCUT2D eigenvalue weighted by atomic mass is 10.00. The van der Waals surface area contributed by atoms with Gasteiger partial charge < -0.3 is 25.7 Å². The Balaban J connectivity index is 2.90. The van der Waals surface area contributed by atoms with Gasteiger partial charge in [-0.3, -0.25) is 9.79 Å². The topological polar surface area (TPSA) is 174 Å². The first-order valence-electron chi connectivity index (χ1n) is 6.82. The van der Waals surface area contributed by atoms with Crippen molar-refractivity contribution >= 4 is 30.1 Å². The van der Waals surface area contributed by atoms with Crippen LogP contribution in [-0.4, -0.2) is 62.6 Å². The van der Waals surface area contributed by atoms with Crippen molar-refractivity contribution in [2.45, 2.75) is 31.3 Å². The summed E-state index contributed by atoms with van der Waals surface area (Å²) in [5.41, 5.74) is 0.0404. The third-order valence-corrected chi connectivity index (χ3v) is 3.10. The van der Waals surface area contributed by atoms with Crippen molar-refractivity contribution in [1.82, 2.24) is 5.32 Å². The summed E-state index contributed by atoms with van der Waals surface area (Å²) in [6, 6.07) is -2.37. The van der Waals surface area contributed by atoms with Gasteiger partial charge in [-0.05, 0) is 24.1 Å². The van der Waals surface area contributed by atoms with Crippen LogP contribution < -0.4 is 5.32 Å². The van der Waals surface area contributed by atoms with Gasteiger partial charge in [-0.25, -0.2) is 14.4 Å². The number of hydrogen-bond acceptors (Lipinski definition) is 6. The molecule has 130 valence electrons. The Morgan fingerprint density at radius 2 is 1.92 bits per heavy atom. The maximum absolute atomic E-state index is 11.0. The molecule has 10 heteroatoms. The second kappa shape index (κ2) is 8.46. The third-order valence-electron chi connectivity index (χ3n) is 3.10. The fourth-order valence-corrected chi connectivity index (χ4v) is 1.91. The van der Waals surface area contributed by atoms with Crippen molar-refractivity contribution in [3.63, 3.8) is 0 Å². The van der Waals surface area contributed by atoms with Crippen LogP contribution >= 0.6 is 0 Å². The van der Waals surface area contributed by atoms with E-state index in [1.807, 2.05) is 0 Å². The molecule has 0 saturated heterocycles. The first-order valence-corrected chi connectivity index (χ1v) is 6.82. The Bertz CT molecular complexity index is 635. The van der Waals surface area contributed by atoms with Gasteiger partial charge in [0.1, 0.15) is 17.8 Å². The average Bonchev–Trinajstić information content (AvgIpc) is 2.49. The Morgan fingerprint density at radius 3 is 2.42 bits per heavy atom. The summed E-state index contributed by atoms with van der Waals surface area (Å²) in [4.78, 5) is 47.1. The highest BCUT2D eigenvalue weighted by Crippen LogP contribution is 2.16. The molecule has 0 fully saturated rings. The molecule has 0 aliphatic carbocycles. The Labute approximate surface area is 135 Å². The number of rotatable bonds is 8. The zero-order valence-corrected chi connectivity index (χ0v) is 12.4. The standard InChI is InChI=1S/C14H16N2O8/c17-11(18)2-1-8(12(19)20)15-4-3-7-5-9(13(21)22)16-10(6-7)14(23)24/h3-5,8,10,16H,1-2,6H2,(H,17,18)(H,19,20)(H,21,22)(H,23,24)/b7-3+,15-4?. The lowest BCUT2D eigenvalue weighted by molar-refractivity contribution is -0.141. The normalized spacial score (nSPS) is 20.2. The van der Waals surface area contributed by atoms with Crippen molar-refractivity contribution in [2.75, 3.05) is 0 Å². The third kappa shape index (κ3) is 5.91. The van der Waals surface area contributed by atoms with Gasteiger partial charge in [0.2, 0.25) is 0 Å². The van der Waals surface area contributed by atoms with E-state index >= 15 is 0 Å². The number of hydrogen-bond donors (Lipinski definition) is 5. The van der Waals surface area contributed by atoms with Gasteiger partial charge in [0, 0.05) is 19.1 Å². The number of nitrogens with zero attached hydrogens (tertiary/aromatic N) is 1. The Hall–Kier alpha value is -3.17. The van der Waals surface area contributed by atoms with Gasteiger partial charge in [0.15, 0.2) is 0 Å². The molecule has 0 aromatic heterocycles. The van der Waals surface area contributed by atoms with E-state index < -0.39 is 36.0 Å². The summed E-state index contributed by atoms with van der Waals surface area (Å²) in [5, 5.41) is 37.8. The van der Waals surface area contributed by atoms with Crippen LogP contribution in [-0.2, 0) is 19.2 Å². The molecule has 1 heterocycles. The van der Waals surface area contributed by atoms with Crippen LogP contribution in [0, 0.1) is 0 Å². The SMILES string of the molecule is O=C(O)CCC(N=C/C=C1\C=C(C(=O)O)NC(C(=O)O)C1)C(=O)O. The van der Waals surface area contributed by atoms with Crippen LogP contribution in [0.4, 0.5) is 0 Å². The summed E-state index contributed by atoms with van der Waals surface area (Å²) in [7, 11) is 0. The molecule has 0 radical (unpaired) electrons. The lowest BCUT2D eigenvalue weighted by Gasteiger charge is -2.21. The summed E-state index contributed by atoms with van der Waals surface area (Å²) in [6.07, 6.45) is 3.07. The molecule has 0 aromatic rings. The molecule has 1 aliphatic heterocycles. The summed E-state index contributed by atoms with van der Waals surface area (Å²) in [6.45, 7) is 0. The number of allylic oxidation sites excluding steroid dienone is 2. The van der Waals surface area contributed by atoms with E-state index in [1.165, 1.54) is 12.2 Å². The first-order chi connectivity index (χ1) is 11.2. The van der Waals surface area contributed by atoms with Gasteiger partial charge in [0.25, 0.3) is 0 Å². The van der Waals surface area contributed by atoms with Gasteiger partial charge >= 0.3 is 23.9 Å². The molecular formula is C14H16N2O8. The molecule has 2 atom stereocenters. The highest BCUT2D eigenvalue weighted by Gasteiger charge is 2.26. The number of aliphatic carboxylic acids is 4. The molecule has 1 rings (SSSR count). The Kier molecular flexibility index (Phi) is 6.65. The van der Waals surface area contributed by atoms with Crippen LogP contribution in [0.3, 0.4) is 0 Å². The number of aliphatic imine (C=N–C) groups is 1. The number of carbonyl (C=O) groups is 4. The van der Waals surface area contributed by atoms with Crippen molar-refractivity contribution < 1.29 is 39.6 Å². The molecule has 0 aromatic carbocycles. The van der Waals surface area contributed by atoms with Crippen molar-refractivity contribution in [3.8, 4) is 0 Å². The van der Waals surface area contributed by atoms with Gasteiger partial charge in [-0.1, -0.05) is 0 Å². The molecule has 0 spiro atoms. The van der Waals surface area contributed by atoms with E-state index in [4.69, 9.17) is 20.4 Å². The van der Waals surface area contributed by atoms with E-state index in [9.17, 15) is 19.2 Å². The largest absolute Gasteiger partial charge is 0.481 e. The van der Waals surface area contributed by atoms with Gasteiger partial charge in [0.05, 0.1) is 0 Å². The fourth-order valence-electron chi connectivity index (χ4n) is 1.91. The molecule has 0 amide bonds. The summed E-state index contributed by atoms with van der Waals surface area (Å²) >= 11 is 0. The quantitative estimate of drug-likeness (QED) is 0.372. The molecule has 1 aliphatic rings. The second-order valence-electron chi connectivity index (χ2n) is 4.93. The highest BCUT2D eigenvalue weighted by molar-refractivity contribution is 5.90. The van der Waals surface area contributed by atoms with Crippen molar-refractivity contribution in [2.24, 2.45) is 4.99 Å². The number of carboxylic acids is 4. The highest BCUT2D eigenvalue weighted by atomic mass is 16.4. The smallest absolute Gasteiger partial charge is 0.351 e. The predicted octanol–water partition coefficient (Wildman–Crippen LogP) is -0.283. The molecular weight excluding hydrogens is 324 g/mol. The number of carboxylic acid groups (broad SMARTS) is 4. The molecule has 0 bridgehead atoms. The zero-order chi connectivity index (χ0) is 18.3. The molecule has 24 heavy (non-hydrogen) atoms. The maximum Gasteiger partial charge on any atom is 0.351 e. The van der Waals surface area contributed by atoms with Gasteiger partial charge in [-0.2, -0.15) is 0 Å². The average molecular weight is 340 g/mol. The van der Waals surface area contributed by atoms with Crippen LogP contribution in [0.15, 0.2) is 28.4 Å². The summed E-state index contributed by atoms with van der Waals surface area (Å²) in [5.74, 6) is -4.99. The minimum absolute atomic E-state index is 0.00893.